The first-order valence-electron chi connectivity index (χ1n) is 10.8. The highest BCUT2D eigenvalue weighted by Crippen LogP contribution is 2.34. The molecule has 9 nitrogen and oxygen atoms in total. The molecule has 0 unspecified atom stereocenters. The standard InChI is InChI=1S/C21H25ClN8O/c1-3-8-28(20-16-18(24-11-23-16)25-12-26-20)15(4-2)19-27-30-9-7-14(22)17(30)21(31)29(19)10-13-5-6-13/h7,9,11-13,15H,3-6,8,10H2,1-2H3,(H,23,24,25,26)/t15-/m0/s1. The van der Waals surface area contributed by atoms with Gasteiger partial charge in [-0.15, -0.1) is 0 Å². The number of anilines is 1. The molecule has 162 valence electrons. The van der Waals surface area contributed by atoms with Gasteiger partial charge in [-0.2, -0.15) is 5.10 Å². The zero-order chi connectivity index (χ0) is 21.5. The fraction of sp³-hybridized carbons (Fsp3) is 0.476. The second kappa shape index (κ2) is 7.96. The van der Waals surface area contributed by atoms with E-state index in [2.05, 4.69) is 38.7 Å². The lowest BCUT2D eigenvalue weighted by Gasteiger charge is -2.32. The third kappa shape index (κ3) is 3.46. The minimum absolute atomic E-state index is 0.0869. The largest absolute Gasteiger partial charge is 0.344 e. The summed E-state index contributed by atoms with van der Waals surface area (Å²) in [5, 5.41) is 5.32. The Labute approximate surface area is 184 Å². The van der Waals surface area contributed by atoms with Crippen molar-refractivity contribution in [3.8, 4) is 0 Å². The van der Waals surface area contributed by atoms with E-state index in [9.17, 15) is 4.79 Å². The van der Waals surface area contributed by atoms with Crippen molar-refractivity contribution >= 4 is 34.1 Å². The van der Waals surface area contributed by atoms with Crippen LogP contribution >= 0.6 is 11.6 Å². The molecule has 1 atom stereocenters. The van der Waals surface area contributed by atoms with Crippen molar-refractivity contribution in [1.29, 1.82) is 0 Å². The van der Waals surface area contributed by atoms with Gasteiger partial charge >= 0.3 is 0 Å². The minimum Gasteiger partial charge on any atom is -0.344 e. The van der Waals surface area contributed by atoms with Crippen LogP contribution in [-0.2, 0) is 6.54 Å². The van der Waals surface area contributed by atoms with Crippen molar-refractivity contribution in [1.82, 2.24) is 34.1 Å². The predicted octanol–water partition coefficient (Wildman–Crippen LogP) is 3.59. The van der Waals surface area contributed by atoms with Gasteiger partial charge in [0.25, 0.3) is 5.56 Å². The van der Waals surface area contributed by atoms with Crippen molar-refractivity contribution in [2.45, 2.75) is 52.1 Å². The van der Waals surface area contributed by atoms with E-state index in [4.69, 9.17) is 16.7 Å². The first kappa shape index (κ1) is 20.0. The van der Waals surface area contributed by atoms with Gasteiger partial charge in [-0.25, -0.2) is 19.5 Å². The monoisotopic (exact) mass is 440 g/mol. The molecule has 1 N–H and O–H groups in total. The van der Waals surface area contributed by atoms with E-state index in [1.165, 1.54) is 6.33 Å². The maximum atomic E-state index is 13.5. The van der Waals surface area contributed by atoms with Crippen LogP contribution in [0.25, 0.3) is 16.7 Å². The van der Waals surface area contributed by atoms with E-state index in [1.807, 2.05) is 4.57 Å². The van der Waals surface area contributed by atoms with E-state index in [0.717, 1.165) is 49.4 Å². The number of hydrogen-bond donors (Lipinski definition) is 1. The highest BCUT2D eigenvalue weighted by Gasteiger charge is 2.31. The van der Waals surface area contributed by atoms with E-state index in [0.29, 0.717) is 28.6 Å². The summed E-state index contributed by atoms with van der Waals surface area (Å²) in [6.45, 7) is 5.66. The van der Waals surface area contributed by atoms with Gasteiger partial charge in [-0.1, -0.05) is 25.4 Å². The first-order chi connectivity index (χ1) is 15.1. The Bertz CT molecular complexity index is 1290. The van der Waals surface area contributed by atoms with Crippen molar-refractivity contribution in [2.24, 2.45) is 5.92 Å². The maximum Gasteiger partial charge on any atom is 0.279 e. The van der Waals surface area contributed by atoms with Gasteiger partial charge in [0.1, 0.15) is 17.4 Å². The van der Waals surface area contributed by atoms with E-state index < -0.39 is 0 Å². The van der Waals surface area contributed by atoms with Crippen LogP contribution in [0.3, 0.4) is 0 Å². The number of nitrogens with zero attached hydrogens (tertiary/aromatic N) is 7. The fourth-order valence-corrected chi connectivity index (χ4v) is 4.45. The van der Waals surface area contributed by atoms with Crippen LogP contribution in [0, 0.1) is 5.92 Å². The van der Waals surface area contributed by atoms with Crippen molar-refractivity contribution in [3.63, 3.8) is 0 Å². The molecule has 0 radical (unpaired) electrons. The molecule has 1 aliphatic carbocycles. The molecule has 4 aromatic rings. The van der Waals surface area contributed by atoms with Gasteiger partial charge in [0.2, 0.25) is 0 Å². The topological polar surface area (TPSA) is 97.0 Å². The molecule has 0 saturated heterocycles. The fourth-order valence-electron chi connectivity index (χ4n) is 4.22. The van der Waals surface area contributed by atoms with Crippen molar-refractivity contribution in [2.75, 3.05) is 11.4 Å². The number of aromatic amines is 1. The summed E-state index contributed by atoms with van der Waals surface area (Å²) in [6.07, 6.45) is 8.87. The second-order valence-electron chi connectivity index (χ2n) is 8.09. The van der Waals surface area contributed by atoms with Crippen LogP contribution in [0.2, 0.25) is 5.02 Å². The van der Waals surface area contributed by atoms with Gasteiger partial charge < -0.3 is 9.88 Å². The van der Waals surface area contributed by atoms with Crippen LogP contribution in [0.1, 0.15) is 51.4 Å². The molecule has 31 heavy (non-hydrogen) atoms. The van der Waals surface area contributed by atoms with Gasteiger partial charge in [0.05, 0.1) is 17.4 Å². The molecule has 1 aliphatic rings. The summed E-state index contributed by atoms with van der Waals surface area (Å²) in [6, 6.07) is 1.58. The Morgan fingerprint density at radius 1 is 1.29 bits per heavy atom. The Hall–Kier alpha value is -2.94. The smallest absolute Gasteiger partial charge is 0.279 e. The molecular weight excluding hydrogens is 416 g/mol. The average molecular weight is 441 g/mol. The summed E-state index contributed by atoms with van der Waals surface area (Å²) in [5.74, 6) is 2.03. The molecule has 4 aromatic heterocycles. The van der Waals surface area contributed by atoms with Gasteiger partial charge in [0.15, 0.2) is 17.3 Å². The summed E-state index contributed by atoms with van der Waals surface area (Å²) >= 11 is 6.32. The molecule has 4 heterocycles. The quantitative estimate of drug-likeness (QED) is 0.449. The molecule has 0 spiro atoms. The van der Waals surface area contributed by atoms with Crippen LogP contribution in [-0.4, -0.2) is 40.7 Å². The van der Waals surface area contributed by atoms with Gasteiger partial charge in [-0.3, -0.25) is 9.36 Å². The molecule has 10 heteroatoms. The Balaban J connectivity index is 1.70. The molecule has 0 amide bonds. The number of rotatable bonds is 8. The Morgan fingerprint density at radius 2 is 2.13 bits per heavy atom. The minimum atomic E-state index is -0.140. The van der Waals surface area contributed by atoms with Crippen LogP contribution in [0.15, 0.2) is 29.7 Å². The molecule has 1 fully saturated rings. The molecule has 0 bridgehead atoms. The summed E-state index contributed by atoms with van der Waals surface area (Å²) < 4.78 is 3.45. The normalized spacial score (nSPS) is 15.1. The first-order valence-corrected chi connectivity index (χ1v) is 11.2. The highest BCUT2D eigenvalue weighted by atomic mass is 35.5. The SMILES string of the molecule is CCCN(c1ncnc2nc[nH]c12)[C@@H](CC)c1nn2ccc(Cl)c2c(=O)n1CC1CC1. The highest BCUT2D eigenvalue weighted by molar-refractivity contribution is 6.33. The predicted molar refractivity (Wildman–Crippen MR) is 120 cm³/mol. The number of imidazole rings is 1. The van der Waals surface area contributed by atoms with Crippen molar-refractivity contribution < 1.29 is 0 Å². The van der Waals surface area contributed by atoms with E-state index in [1.54, 1.807) is 23.1 Å². The number of halogens is 1. The number of nitrogens with one attached hydrogen (secondary N) is 1. The van der Waals surface area contributed by atoms with Crippen LogP contribution < -0.4 is 10.5 Å². The summed E-state index contributed by atoms with van der Waals surface area (Å²) in [5.41, 5.74) is 1.75. The molecular formula is C21H25ClN8O. The van der Waals surface area contributed by atoms with Crippen molar-refractivity contribution in [3.05, 3.63) is 46.1 Å². The summed E-state index contributed by atoms with van der Waals surface area (Å²) in [7, 11) is 0. The van der Waals surface area contributed by atoms with E-state index >= 15 is 0 Å². The summed E-state index contributed by atoms with van der Waals surface area (Å²) in [4.78, 5) is 32.0. The third-order valence-electron chi connectivity index (χ3n) is 5.89. The zero-order valence-corrected chi connectivity index (χ0v) is 18.4. The lowest BCUT2D eigenvalue weighted by molar-refractivity contribution is 0.475. The molecule has 5 rings (SSSR count). The Morgan fingerprint density at radius 3 is 2.87 bits per heavy atom. The second-order valence-corrected chi connectivity index (χ2v) is 8.50. The number of fused-ring (bicyclic) bond motifs is 2. The van der Waals surface area contributed by atoms with Gasteiger partial charge in [0, 0.05) is 19.3 Å². The van der Waals surface area contributed by atoms with Gasteiger partial charge in [-0.05, 0) is 37.7 Å². The lowest BCUT2D eigenvalue weighted by Crippen LogP contribution is -2.37. The lowest BCUT2D eigenvalue weighted by atomic mass is 10.1. The molecule has 0 aromatic carbocycles. The third-order valence-corrected chi connectivity index (χ3v) is 6.20. The van der Waals surface area contributed by atoms with E-state index in [-0.39, 0.29) is 11.6 Å². The molecule has 1 saturated carbocycles. The average Bonchev–Trinajstić information content (AvgIpc) is 3.31. The number of hydrogen-bond acceptors (Lipinski definition) is 6. The zero-order valence-electron chi connectivity index (χ0n) is 17.6. The van der Waals surface area contributed by atoms with Crippen LogP contribution in [0.4, 0.5) is 5.82 Å². The number of H-pyrrole nitrogens is 1. The Kier molecular flexibility index (Phi) is 5.13. The number of aromatic nitrogens is 7. The molecule has 0 aliphatic heterocycles. The maximum absolute atomic E-state index is 13.5. The van der Waals surface area contributed by atoms with Crippen LogP contribution in [0.5, 0.6) is 0 Å².